The van der Waals surface area contributed by atoms with Gasteiger partial charge in [0.15, 0.2) is 0 Å². The Balaban J connectivity index is 1.96. The Kier molecular flexibility index (Phi) is 7.23. The van der Waals surface area contributed by atoms with Gasteiger partial charge in [-0.25, -0.2) is 9.59 Å². The lowest BCUT2D eigenvalue weighted by Gasteiger charge is -2.21. The maximum absolute atomic E-state index is 14.0. The zero-order valence-corrected chi connectivity index (χ0v) is 20.2. The summed E-state index contributed by atoms with van der Waals surface area (Å²) in [7, 11) is 0. The molecule has 1 N–H and O–H groups in total. The number of halogens is 9. The van der Waals surface area contributed by atoms with E-state index in [4.69, 9.17) is 9.47 Å². The predicted molar refractivity (Wildman–Crippen MR) is 112 cm³/mol. The SMILES string of the molecule is Cc1[nH]c(CN2CC(c3cc(C(F)(F)F)cc(C(F)(F)F)c3)OC2=O)c(C(F)(F)F)c1C(=O)OC(C)(C)C. The average Bonchev–Trinajstić information content (AvgIpc) is 3.24. The second-order valence-corrected chi connectivity index (χ2v) is 9.57. The lowest BCUT2D eigenvalue weighted by atomic mass is 10.0. The number of hydrogen-bond acceptors (Lipinski definition) is 4. The fraction of sp³-hybridized carbons (Fsp3) is 0.478. The van der Waals surface area contributed by atoms with Crippen LogP contribution >= 0.6 is 0 Å². The maximum Gasteiger partial charge on any atom is 0.419 e. The zero-order chi connectivity index (χ0) is 29.0. The van der Waals surface area contributed by atoms with E-state index < -0.39 is 88.9 Å². The van der Waals surface area contributed by atoms with Crippen LogP contribution in [-0.2, 0) is 34.5 Å². The van der Waals surface area contributed by atoms with Crippen molar-refractivity contribution >= 4 is 12.1 Å². The number of carbonyl (C=O) groups excluding carboxylic acids is 2. The molecule has 3 rings (SSSR count). The van der Waals surface area contributed by atoms with Crippen molar-refractivity contribution in [3.63, 3.8) is 0 Å². The summed E-state index contributed by atoms with van der Waals surface area (Å²) in [5.41, 5.74) is -8.16. The van der Waals surface area contributed by atoms with Gasteiger partial charge in [0, 0.05) is 11.4 Å². The molecule has 1 fully saturated rings. The van der Waals surface area contributed by atoms with Crippen molar-refractivity contribution in [2.24, 2.45) is 0 Å². The van der Waals surface area contributed by atoms with Crippen molar-refractivity contribution in [1.82, 2.24) is 9.88 Å². The van der Waals surface area contributed by atoms with Gasteiger partial charge in [-0.15, -0.1) is 0 Å². The molecule has 38 heavy (non-hydrogen) atoms. The number of H-pyrrole nitrogens is 1. The Morgan fingerprint density at radius 2 is 1.50 bits per heavy atom. The Morgan fingerprint density at radius 3 is 1.95 bits per heavy atom. The molecule has 1 aromatic carbocycles. The van der Waals surface area contributed by atoms with E-state index in [1.165, 1.54) is 27.7 Å². The number of cyclic esters (lactones) is 1. The van der Waals surface area contributed by atoms with E-state index in [2.05, 4.69) is 4.98 Å². The highest BCUT2D eigenvalue weighted by atomic mass is 19.4. The van der Waals surface area contributed by atoms with Gasteiger partial charge in [0.05, 0.1) is 35.3 Å². The molecule has 2 aromatic rings. The molecular formula is C23H21F9N2O4. The van der Waals surface area contributed by atoms with Crippen LogP contribution in [0.4, 0.5) is 44.3 Å². The van der Waals surface area contributed by atoms with Gasteiger partial charge in [-0.2, -0.15) is 39.5 Å². The number of ether oxygens (including phenoxy) is 2. The topological polar surface area (TPSA) is 71.6 Å². The van der Waals surface area contributed by atoms with Crippen molar-refractivity contribution < 1.29 is 58.6 Å². The third kappa shape index (κ3) is 6.35. The summed E-state index contributed by atoms with van der Waals surface area (Å²) < 4.78 is 131. The molecule has 1 aliphatic rings. The van der Waals surface area contributed by atoms with Crippen molar-refractivity contribution in [2.45, 2.75) is 64.5 Å². The Labute approximate surface area is 209 Å². The first-order valence-electron chi connectivity index (χ1n) is 10.8. The van der Waals surface area contributed by atoms with E-state index in [-0.39, 0.29) is 11.8 Å². The first-order valence-corrected chi connectivity index (χ1v) is 10.8. The summed E-state index contributed by atoms with van der Waals surface area (Å²) in [5.74, 6) is -1.28. The summed E-state index contributed by atoms with van der Waals surface area (Å²) in [6, 6.07) is 0.641. The smallest absolute Gasteiger partial charge is 0.419 e. The minimum atomic E-state index is -5.15. The highest BCUT2D eigenvalue weighted by molar-refractivity contribution is 5.93. The lowest BCUT2D eigenvalue weighted by Crippen LogP contribution is -2.27. The molecule has 1 amide bonds. The van der Waals surface area contributed by atoms with Crippen LogP contribution in [0.3, 0.4) is 0 Å². The highest BCUT2D eigenvalue weighted by Crippen LogP contribution is 2.41. The largest absolute Gasteiger partial charge is 0.456 e. The molecule has 1 saturated heterocycles. The maximum atomic E-state index is 14.0. The fourth-order valence-corrected chi connectivity index (χ4v) is 3.87. The van der Waals surface area contributed by atoms with E-state index in [9.17, 15) is 49.1 Å². The Morgan fingerprint density at radius 1 is 0.974 bits per heavy atom. The predicted octanol–water partition coefficient (Wildman–Crippen LogP) is 7.03. The van der Waals surface area contributed by atoms with E-state index in [0.29, 0.717) is 17.0 Å². The molecule has 0 saturated carbocycles. The number of aromatic amines is 1. The van der Waals surface area contributed by atoms with Gasteiger partial charge in [0.1, 0.15) is 11.7 Å². The molecule has 0 bridgehead atoms. The highest BCUT2D eigenvalue weighted by Gasteiger charge is 2.44. The quantitative estimate of drug-likeness (QED) is 0.322. The number of nitrogens with zero attached hydrogens (tertiary/aromatic N) is 1. The molecule has 6 nitrogen and oxygen atoms in total. The minimum absolute atomic E-state index is 0.104. The third-order valence-corrected chi connectivity index (χ3v) is 5.37. The molecule has 1 unspecified atom stereocenters. The molecule has 1 aromatic heterocycles. The van der Waals surface area contributed by atoms with Crippen molar-refractivity contribution in [1.29, 1.82) is 0 Å². The van der Waals surface area contributed by atoms with Crippen molar-refractivity contribution in [3.8, 4) is 0 Å². The van der Waals surface area contributed by atoms with Crippen LogP contribution in [0.15, 0.2) is 18.2 Å². The first kappa shape index (κ1) is 29.2. The van der Waals surface area contributed by atoms with Gasteiger partial charge in [-0.3, -0.25) is 4.90 Å². The van der Waals surface area contributed by atoms with E-state index in [1.807, 2.05) is 0 Å². The first-order chi connectivity index (χ1) is 17.1. The molecule has 0 spiro atoms. The van der Waals surface area contributed by atoms with E-state index >= 15 is 0 Å². The molecule has 0 radical (unpaired) electrons. The fourth-order valence-electron chi connectivity index (χ4n) is 3.87. The van der Waals surface area contributed by atoms with E-state index in [0.717, 1.165) is 0 Å². The molecular weight excluding hydrogens is 539 g/mol. The summed E-state index contributed by atoms with van der Waals surface area (Å²) in [6.45, 7) is 4.01. The molecule has 210 valence electrons. The summed E-state index contributed by atoms with van der Waals surface area (Å²) in [4.78, 5) is 27.9. The number of rotatable bonds is 4. The van der Waals surface area contributed by atoms with Crippen LogP contribution in [0.25, 0.3) is 0 Å². The minimum Gasteiger partial charge on any atom is -0.456 e. The van der Waals surface area contributed by atoms with Gasteiger partial charge >= 0.3 is 30.6 Å². The standard InChI is InChI=1S/C23H21F9N2O4/c1-10-16(18(35)38-20(2,3)4)17(23(30,31)32)14(33-10)8-34-9-15(37-19(34)36)11-5-12(21(24,25)26)7-13(6-11)22(27,28)29/h5-7,15,33H,8-9H2,1-4H3. The van der Waals surface area contributed by atoms with Gasteiger partial charge in [-0.1, -0.05) is 0 Å². The number of carbonyl (C=O) groups is 2. The molecule has 2 heterocycles. The molecule has 1 atom stereocenters. The number of esters is 1. The molecule has 15 heteroatoms. The van der Waals surface area contributed by atoms with Crippen LogP contribution in [0.5, 0.6) is 0 Å². The van der Waals surface area contributed by atoms with Crippen molar-refractivity contribution in [2.75, 3.05) is 6.54 Å². The number of nitrogens with one attached hydrogen (secondary N) is 1. The van der Waals surface area contributed by atoms with Crippen LogP contribution < -0.4 is 0 Å². The van der Waals surface area contributed by atoms with Crippen molar-refractivity contribution in [3.05, 3.63) is 57.4 Å². The van der Waals surface area contributed by atoms with E-state index in [1.54, 1.807) is 0 Å². The number of amides is 1. The summed E-state index contributed by atoms with van der Waals surface area (Å²) in [6.07, 6.45) is -18.3. The number of aromatic nitrogens is 1. The van der Waals surface area contributed by atoms with Crippen LogP contribution in [0.2, 0.25) is 0 Å². The Bertz CT molecular complexity index is 1210. The van der Waals surface area contributed by atoms with Gasteiger partial charge < -0.3 is 14.5 Å². The summed E-state index contributed by atoms with van der Waals surface area (Å²) in [5, 5.41) is 0. The van der Waals surface area contributed by atoms with Gasteiger partial charge in [-0.05, 0) is 51.5 Å². The monoisotopic (exact) mass is 560 g/mol. The average molecular weight is 560 g/mol. The van der Waals surface area contributed by atoms with Crippen LogP contribution in [0, 0.1) is 6.92 Å². The second-order valence-electron chi connectivity index (χ2n) is 9.57. The number of alkyl halides is 9. The zero-order valence-electron chi connectivity index (χ0n) is 20.2. The second kappa shape index (κ2) is 9.42. The number of hydrogen-bond donors (Lipinski definition) is 1. The molecule has 1 aliphatic heterocycles. The van der Waals surface area contributed by atoms with Crippen LogP contribution in [0.1, 0.15) is 70.9 Å². The third-order valence-electron chi connectivity index (χ3n) is 5.37. The normalized spacial score (nSPS) is 17.1. The number of aryl methyl sites for hydroxylation is 1. The van der Waals surface area contributed by atoms with Crippen LogP contribution in [-0.4, -0.2) is 34.1 Å². The molecule has 0 aliphatic carbocycles. The lowest BCUT2D eigenvalue weighted by molar-refractivity contribution is -0.143. The van der Waals surface area contributed by atoms with Gasteiger partial charge in [0.25, 0.3) is 0 Å². The Hall–Kier alpha value is -3.39. The number of benzene rings is 1. The summed E-state index contributed by atoms with van der Waals surface area (Å²) >= 11 is 0. The van der Waals surface area contributed by atoms with Gasteiger partial charge in [0.2, 0.25) is 0 Å².